The van der Waals surface area contributed by atoms with Gasteiger partial charge in [0.2, 0.25) is 0 Å². The Hall–Kier alpha value is -2.85. The number of aliphatic carboxylic acids is 1. The largest absolute Gasteiger partial charge is 0.481 e. The van der Waals surface area contributed by atoms with Crippen LogP contribution in [-0.2, 0) is 10.3 Å². The summed E-state index contributed by atoms with van der Waals surface area (Å²) in [6.45, 7) is 2.40. The lowest BCUT2D eigenvalue weighted by Crippen LogP contribution is -2.32. The van der Waals surface area contributed by atoms with E-state index >= 15 is 0 Å². The molecule has 1 N–H and O–H groups in total. The van der Waals surface area contributed by atoms with Gasteiger partial charge in [0.15, 0.2) is 0 Å². The number of hydrogen-bond donors (Lipinski definition) is 1. The maximum Gasteiger partial charge on any atom is 0.308 e. The Balaban J connectivity index is 1.81. The zero-order valence-electron chi connectivity index (χ0n) is 14.6. The minimum atomic E-state index is -0.816. The van der Waals surface area contributed by atoms with Gasteiger partial charge in [0.25, 0.3) is 0 Å². The summed E-state index contributed by atoms with van der Waals surface area (Å²) in [5, 5.41) is 9.73. The van der Waals surface area contributed by atoms with E-state index in [1.165, 1.54) is 0 Å². The fourth-order valence-electron chi connectivity index (χ4n) is 3.92. The van der Waals surface area contributed by atoms with Crippen molar-refractivity contribution in [2.24, 2.45) is 5.92 Å². The molecule has 0 spiro atoms. The molecule has 1 aliphatic heterocycles. The van der Waals surface area contributed by atoms with Crippen LogP contribution in [0.2, 0.25) is 0 Å². The van der Waals surface area contributed by atoms with E-state index in [1.54, 1.807) is 13.2 Å². The standard InChI is InChI=1S/C22H21NO3/c1-16(21(24)25)22(19-13-8-14-26-19)15-23(22)20(17-9-4-2-5-10-17)18-11-6-3-7-12-18/h2-14,16,20H,15H2,1H3,(H,24,25). The lowest BCUT2D eigenvalue weighted by molar-refractivity contribution is -0.143. The Morgan fingerprint density at radius 3 is 2.04 bits per heavy atom. The van der Waals surface area contributed by atoms with Crippen molar-refractivity contribution in [1.29, 1.82) is 0 Å². The summed E-state index contributed by atoms with van der Waals surface area (Å²) in [5.74, 6) is -0.684. The van der Waals surface area contributed by atoms with E-state index in [9.17, 15) is 9.90 Å². The molecule has 0 bridgehead atoms. The number of rotatable bonds is 6. The molecule has 3 unspecified atom stereocenters. The summed E-state index contributed by atoms with van der Waals surface area (Å²) >= 11 is 0. The molecule has 1 aromatic heterocycles. The van der Waals surface area contributed by atoms with Crippen LogP contribution in [-0.4, -0.2) is 22.5 Å². The van der Waals surface area contributed by atoms with Gasteiger partial charge in [-0.1, -0.05) is 60.7 Å². The Labute approximate surface area is 152 Å². The number of furan rings is 1. The van der Waals surface area contributed by atoms with Crippen LogP contribution in [0.5, 0.6) is 0 Å². The van der Waals surface area contributed by atoms with Crippen LogP contribution in [0, 0.1) is 5.92 Å². The molecule has 0 radical (unpaired) electrons. The molecule has 3 aromatic rings. The second kappa shape index (κ2) is 6.46. The van der Waals surface area contributed by atoms with Gasteiger partial charge in [-0.3, -0.25) is 9.69 Å². The first-order valence-corrected chi connectivity index (χ1v) is 8.78. The van der Waals surface area contributed by atoms with Gasteiger partial charge in [0.05, 0.1) is 18.2 Å². The van der Waals surface area contributed by atoms with Gasteiger partial charge in [-0.05, 0) is 30.2 Å². The predicted molar refractivity (Wildman–Crippen MR) is 98.6 cm³/mol. The summed E-state index contributed by atoms with van der Waals surface area (Å²) in [6.07, 6.45) is 1.61. The van der Waals surface area contributed by atoms with Crippen molar-refractivity contribution < 1.29 is 14.3 Å². The molecule has 0 amide bonds. The van der Waals surface area contributed by atoms with Crippen molar-refractivity contribution in [3.8, 4) is 0 Å². The SMILES string of the molecule is CC(C(=O)O)C1(c2ccco2)CN1C(c1ccccc1)c1ccccc1. The third-order valence-corrected chi connectivity index (χ3v) is 5.40. The van der Waals surface area contributed by atoms with Crippen LogP contribution in [0.15, 0.2) is 83.5 Å². The van der Waals surface area contributed by atoms with E-state index in [-0.39, 0.29) is 6.04 Å². The minimum absolute atomic E-state index is 0.0238. The molecule has 1 fully saturated rings. The fraction of sp³-hybridized carbons (Fsp3) is 0.227. The molecule has 26 heavy (non-hydrogen) atoms. The maximum absolute atomic E-state index is 11.9. The Morgan fingerprint density at radius 1 is 1.00 bits per heavy atom. The maximum atomic E-state index is 11.9. The van der Waals surface area contributed by atoms with Gasteiger partial charge in [-0.25, -0.2) is 0 Å². The van der Waals surface area contributed by atoms with Crippen molar-refractivity contribution in [3.05, 3.63) is 95.9 Å². The van der Waals surface area contributed by atoms with E-state index in [0.29, 0.717) is 12.3 Å². The van der Waals surface area contributed by atoms with Crippen molar-refractivity contribution >= 4 is 5.97 Å². The number of carboxylic acid groups (broad SMARTS) is 1. The van der Waals surface area contributed by atoms with Crippen LogP contribution in [0.3, 0.4) is 0 Å². The number of carboxylic acids is 1. The van der Waals surface area contributed by atoms with Gasteiger partial charge in [-0.15, -0.1) is 0 Å². The smallest absolute Gasteiger partial charge is 0.308 e. The van der Waals surface area contributed by atoms with Gasteiger partial charge < -0.3 is 9.52 Å². The highest BCUT2D eigenvalue weighted by molar-refractivity contribution is 5.73. The monoisotopic (exact) mass is 347 g/mol. The van der Waals surface area contributed by atoms with Crippen LogP contribution in [0.4, 0.5) is 0 Å². The Kier molecular flexibility index (Phi) is 4.13. The minimum Gasteiger partial charge on any atom is -0.481 e. The summed E-state index contributed by atoms with van der Waals surface area (Å²) < 4.78 is 5.68. The van der Waals surface area contributed by atoms with E-state index in [0.717, 1.165) is 11.1 Å². The van der Waals surface area contributed by atoms with Crippen molar-refractivity contribution in [3.63, 3.8) is 0 Å². The molecule has 4 nitrogen and oxygen atoms in total. The van der Waals surface area contributed by atoms with Gasteiger partial charge >= 0.3 is 5.97 Å². The third-order valence-electron chi connectivity index (χ3n) is 5.40. The van der Waals surface area contributed by atoms with Crippen LogP contribution < -0.4 is 0 Å². The first-order chi connectivity index (χ1) is 12.6. The quantitative estimate of drug-likeness (QED) is 0.676. The van der Waals surface area contributed by atoms with E-state index in [1.807, 2.05) is 48.5 Å². The molecule has 3 atom stereocenters. The molecular weight excluding hydrogens is 326 g/mol. The highest BCUT2D eigenvalue weighted by Crippen LogP contribution is 2.55. The van der Waals surface area contributed by atoms with E-state index in [4.69, 9.17) is 4.42 Å². The Morgan fingerprint density at radius 2 is 1.58 bits per heavy atom. The second-order valence-electron chi connectivity index (χ2n) is 6.81. The molecule has 0 aliphatic carbocycles. The molecule has 132 valence electrons. The third kappa shape index (κ3) is 2.63. The number of hydrogen-bond acceptors (Lipinski definition) is 3. The lowest BCUT2D eigenvalue weighted by Gasteiger charge is -2.27. The first kappa shape index (κ1) is 16.6. The molecule has 2 heterocycles. The average Bonchev–Trinajstić information content (AvgIpc) is 3.14. The van der Waals surface area contributed by atoms with Crippen LogP contribution >= 0.6 is 0 Å². The fourth-order valence-corrected chi connectivity index (χ4v) is 3.92. The Bertz CT molecular complexity index is 837. The summed E-state index contributed by atoms with van der Waals surface area (Å²) in [7, 11) is 0. The summed E-state index contributed by atoms with van der Waals surface area (Å²) in [4.78, 5) is 14.1. The highest BCUT2D eigenvalue weighted by atomic mass is 16.4. The van der Waals surface area contributed by atoms with Crippen molar-refractivity contribution in [1.82, 2.24) is 4.90 Å². The topological polar surface area (TPSA) is 53.4 Å². The molecule has 0 saturated carbocycles. The molecule has 4 heteroatoms. The van der Waals surface area contributed by atoms with Crippen LogP contribution in [0.25, 0.3) is 0 Å². The molecule has 1 saturated heterocycles. The molecule has 2 aromatic carbocycles. The summed E-state index contributed by atoms with van der Waals surface area (Å²) in [5.41, 5.74) is 1.65. The molecule has 4 rings (SSSR count). The van der Waals surface area contributed by atoms with E-state index in [2.05, 4.69) is 29.2 Å². The summed E-state index contributed by atoms with van der Waals surface area (Å²) in [6, 6.07) is 24.1. The van der Waals surface area contributed by atoms with Gasteiger partial charge in [0, 0.05) is 6.54 Å². The van der Waals surface area contributed by atoms with Crippen molar-refractivity contribution in [2.45, 2.75) is 18.5 Å². The zero-order chi connectivity index (χ0) is 18.1. The number of benzene rings is 2. The lowest BCUT2D eigenvalue weighted by atomic mass is 9.89. The zero-order valence-corrected chi connectivity index (χ0v) is 14.6. The second-order valence-corrected chi connectivity index (χ2v) is 6.81. The normalized spacial score (nSPS) is 22.9. The van der Waals surface area contributed by atoms with Gasteiger partial charge in [0.1, 0.15) is 11.3 Å². The highest BCUT2D eigenvalue weighted by Gasteiger charge is 2.64. The molecular formula is C22H21NO3. The molecule has 1 aliphatic rings. The first-order valence-electron chi connectivity index (χ1n) is 8.78. The van der Waals surface area contributed by atoms with Crippen molar-refractivity contribution in [2.75, 3.05) is 6.54 Å². The van der Waals surface area contributed by atoms with Crippen LogP contribution in [0.1, 0.15) is 29.9 Å². The number of carbonyl (C=O) groups is 1. The van der Waals surface area contributed by atoms with E-state index < -0.39 is 17.4 Å². The number of nitrogens with zero attached hydrogens (tertiary/aromatic N) is 1. The average molecular weight is 347 g/mol. The van der Waals surface area contributed by atoms with Gasteiger partial charge in [-0.2, -0.15) is 0 Å². The predicted octanol–water partition coefficient (Wildman–Crippen LogP) is 4.30.